The van der Waals surface area contributed by atoms with Gasteiger partial charge in [-0.3, -0.25) is 9.40 Å². The highest BCUT2D eigenvalue weighted by Gasteiger charge is 2.13. The lowest BCUT2D eigenvalue weighted by atomic mass is 10.3. The molecule has 0 bridgehead atoms. The van der Waals surface area contributed by atoms with Crippen molar-refractivity contribution in [3.63, 3.8) is 0 Å². The number of para-hydroxylation sites is 1. The van der Waals surface area contributed by atoms with Crippen LogP contribution in [0, 0.1) is 6.92 Å². The first-order valence-electron chi connectivity index (χ1n) is 6.36. The summed E-state index contributed by atoms with van der Waals surface area (Å²) in [6.07, 6.45) is 0. The first kappa shape index (κ1) is 15.7. The molecule has 0 unspecified atom stereocenters. The highest BCUT2D eigenvalue weighted by atomic mass is 32.2. The fourth-order valence-corrected chi connectivity index (χ4v) is 4.24. The van der Waals surface area contributed by atoms with Gasteiger partial charge in [0.05, 0.1) is 11.4 Å². The molecule has 0 aliphatic heterocycles. The van der Waals surface area contributed by atoms with Crippen LogP contribution in [0.15, 0.2) is 35.2 Å². The first-order chi connectivity index (χ1) is 9.87. The zero-order valence-electron chi connectivity index (χ0n) is 11.9. The predicted molar refractivity (Wildman–Crippen MR) is 86.9 cm³/mol. The third kappa shape index (κ3) is 4.40. The number of anilines is 2. The standard InChI is InChI=1S/C13H18N4O2S2/c1-10-9-13(17(2)15-10)16-21(18,19)8-7-20-12-6-4-3-5-11(12)14/h3-6,9,16H,7-8,14H2,1-2H3. The molecule has 0 amide bonds. The number of rotatable bonds is 6. The normalized spacial score (nSPS) is 11.5. The Labute approximate surface area is 128 Å². The van der Waals surface area contributed by atoms with Crippen molar-refractivity contribution in [2.75, 3.05) is 22.0 Å². The topological polar surface area (TPSA) is 90.0 Å². The number of hydrogen-bond acceptors (Lipinski definition) is 5. The molecular weight excluding hydrogens is 308 g/mol. The molecular formula is C13H18N4O2S2. The Kier molecular flexibility index (Phi) is 4.79. The molecule has 1 aromatic carbocycles. The SMILES string of the molecule is Cc1cc(NS(=O)(=O)CCSc2ccccc2N)n(C)n1. The maximum atomic E-state index is 12.0. The lowest BCUT2D eigenvalue weighted by Gasteiger charge is -2.08. The summed E-state index contributed by atoms with van der Waals surface area (Å²) in [5, 5.41) is 4.10. The van der Waals surface area contributed by atoms with Gasteiger partial charge in [-0.1, -0.05) is 12.1 Å². The molecule has 0 spiro atoms. The third-order valence-electron chi connectivity index (χ3n) is 2.79. The van der Waals surface area contributed by atoms with E-state index in [0.29, 0.717) is 17.3 Å². The predicted octanol–water partition coefficient (Wildman–Crippen LogP) is 1.84. The van der Waals surface area contributed by atoms with Gasteiger partial charge < -0.3 is 5.73 Å². The van der Waals surface area contributed by atoms with E-state index in [2.05, 4.69) is 9.82 Å². The quantitative estimate of drug-likeness (QED) is 0.624. The molecule has 3 N–H and O–H groups in total. The number of aromatic nitrogens is 2. The van der Waals surface area contributed by atoms with Crippen LogP contribution in [0.4, 0.5) is 11.5 Å². The van der Waals surface area contributed by atoms with Crippen LogP contribution in [0.25, 0.3) is 0 Å². The summed E-state index contributed by atoms with van der Waals surface area (Å²) in [6, 6.07) is 9.10. The summed E-state index contributed by atoms with van der Waals surface area (Å²) in [5.74, 6) is 0.910. The number of nitrogens with one attached hydrogen (secondary N) is 1. The van der Waals surface area contributed by atoms with Crippen molar-refractivity contribution in [3.8, 4) is 0 Å². The molecule has 2 rings (SSSR count). The number of nitrogen functional groups attached to an aromatic ring is 1. The zero-order chi connectivity index (χ0) is 15.5. The zero-order valence-corrected chi connectivity index (χ0v) is 13.5. The number of aryl methyl sites for hydroxylation is 2. The minimum Gasteiger partial charge on any atom is -0.398 e. The van der Waals surface area contributed by atoms with Gasteiger partial charge in [0.25, 0.3) is 0 Å². The minimum atomic E-state index is -3.40. The number of hydrogen-bond donors (Lipinski definition) is 2. The van der Waals surface area contributed by atoms with Crippen molar-refractivity contribution in [3.05, 3.63) is 36.0 Å². The number of nitrogens with zero attached hydrogens (tertiary/aromatic N) is 2. The number of sulfonamides is 1. The van der Waals surface area contributed by atoms with E-state index >= 15 is 0 Å². The Hall–Kier alpha value is -1.67. The summed E-state index contributed by atoms with van der Waals surface area (Å²) in [4.78, 5) is 0.893. The Morgan fingerprint density at radius 1 is 1.38 bits per heavy atom. The van der Waals surface area contributed by atoms with Crippen LogP contribution in [-0.2, 0) is 17.1 Å². The average molecular weight is 326 g/mol. The van der Waals surface area contributed by atoms with E-state index in [1.165, 1.54) is 16.4 Å². The Bertz CT molecular complexity index is 726. The van der Waals surface area contributed by atoms with Gasteiger partial charge in [-0.25, -0.2) is 8.42 Å². The summed E-state index contributed by atoms with van der Waals surface area (Å²) >= 11 is 1.43. The lowest BCUT2D eigenvalue weighted by Crippen LogP contribution is -2.19. The van der Waals surface area contributed by atoms with Crippen LogP contribution < -0.4 is 10.5 Å². The average Bonchev–Trinajstić information content (AvgIpc) is 2.69. The smallest absolute Gasteiger partial charge is 0.234 e. The molecule has 0 fully saturated rings. The Balaban J connectivity index is 1.93. The molecule has 2 aromatic rings. The van der Waals surface area contributed by atoms with Gasteiger partial charge in [0, 0.05) is 29.4 Å². The van der Waals surface area contributed by atoms with Gasteiger partial charge in [-0.05, 0) is 19.1 Å². The Morgan fingerprint density at radius 3 is 2.71 bits per heavy atom. The molecule has 21 heavy (non-hydrogen) atoms. The van der Waals surface area contributed by atoms with Crippen LogP contribution in [0.1, 0.15) is 5.69 Å². The highest BCUT2D eigenvalue weighted by Crippen LogP contribution is 2.24. The second-order valence-corrected chi connectivity index (χ2v) is 7.58. The van der Waals surface area contributed by atoms with E-state index in [1.54, 1.807) is 19.2 Å². The van der Waals surface area contributed by atoms with Gasteiger partial charge >= 0.3 is 0 Å². The van der Waals surface area contributed by atoms with E-state index < -0.39 is 10.0 Å². The largest absolute Gasteiger partial charge is 0.398 e. The van der Waals surface area contributed by atoms with E-state index in [4.69, 9.17) is 5.73 Å². The highest BCUT2D eigenvalue weighted by molar-refractivity contribution is 8.01. The van der Waals surface area contributed by atoms with Gasteiger partial charge in [-0.15, -0.1) is 11.8 Å². The molecule has 0 atom stereocenters. The monoisotopic (exact) mass is 326 g/mol. The molecule has 0 aliphatic carbocycles. The minimum absolute atomic E-state index is 0.0101. The second kappa shape index (κ2) is 6.40. The summed E-state index contributed by atoms with van der Waals surface area (Å²) in [5.41, 5.74) is 7.25. The molecule has 1 heterocycles. The lowest BCUT2D eigenvalue weighted by molar-refractivity contribution is 0.601. The summed E-state index contributed by atoms with van der Waals surface area (Å²) in [7, 11) is -1.70. The van der Waals surface area contributed by atoms with Crippen LogP contribution in [0.3, 0.4) is 0 Å². The van der Waals surface area contributed by atoms with E-state index in [0.717, 1.165) is 10.6 Å². The van der Waals surface area contributed by atoms with Gasteiger partial charge in [0.2, 0.25) is 10.0 Å². The molecule has 0 aliphatic rings. The van der Waals surface area contributed by atoms with Gasteiger partial charge in [0.1, 0.15) is 5.82 Å². The third-order valence-corrected chi connectivity index (χ3v) is 5.40. The number of nitrogens with two attached hydrogens (primary N) is 1. The fourth-order valence-electron chi connectivity index (χ4n) is 1.79. The molecule has 0 saturated carbocycles. The summed E-state index contributed by atoms with van der Waals surface area (Å²) in [6.45, 7) is 1.81. The van der Waals surface area contributed by atoms with E-state index in [1.807, 2.05) is 25.1 Å². The van der Waals surface area contributed by atoms with Crippen molar-refractivity contribution >= 4 is 33.3 Å². The molecule has 6 nitrogen and oxygen atoms in total. The molecule has 1 aromatic heterocycles. The van der Waals surface area contributed by atoms with Crippen LogP contribution in [-0.4, -0.2) is 29.7 Å². The van der Waals surface area contributed by atoms with Crippen molar-refractivity contribution in [1.29, 1.82) is 0 Å². The maximum Gasteiger partial charge on any atom is 0.234 e. The van der Waals surface area contributed by atoms with E-state index in [-0.39, 0.29) is 5.75 Å². The maximum absolute atomic E-state index is 12.0. The van der Waals surface area contributed by atoms with Gasteiger partial charge in [0.15, 0.2) is 0 Å². The second-order valence-electron chi connectivity index (χ2n) is 4.60. The first-order valence-corrected chi connectivity index (χ1v) is 8.99. The Morgan fingerprint density at radius 2 is 2.10 bits per heavy atom. The number of thioether (sulfide) groups is 1. The van der Waals surface area contributed by atoms with Gasteiger partial charge in [-0.2, -0.15) is 5.10 Å². The van der Waals surface area contributed by atoms with Crippen LogP contribution in [0.2, 0.25) is 0 Å². The fraction of sp³-hybridized carbons (Fsp3) is 0.308. The molecule has 0 saturated heterocycles. The molecule has 0 radical (unpaired) electrons. The van der Waals surface area contributed by atoms with Crippen molar-refractivity contribution in [2.45, 2.75) is 11.8 Å². The van der Waals surface area contributed by atoms with Crippen molar-refractivity contribution < 1.29 is 8.42 Å². The van der Waals surface area contributed by atoms with Crippen LogP contribution >= 0.6 is 11.8 Å². The van der Waals surface area contributed by atoms with E-state index in [9.17, 15) is 8.42 Å². The van der Waals surface area contributed by atoms with Crippen LogP contribution in [0.5, 0.6) is 0 Å². The number of benzene rings is 1. The van der Waals surface area contributed by atoms with Crippen molar-refractivity contribution in [1.82, 2.24) is 9.78 Å². The van der Waals surface area contributed by atoms with Crippen molar-refractivity contribution in [2.24, 2.45) is 7.05 Å². The molecule has 114 valence electrons. The molecule has 8 heteroatoms. The summed E-state index contributed by atoms with van der Waals surface area (Å²) < 4.78 is 28.1.